The number of hydrogen-bond acceptors (Lipinski definition) is 4. The summed E-state index contributed by atoms with van der Waals surface area (Å²) in [7, 11) is 0. The highest BCUT2D eigenvalue weighted by atomic mass is 16.1. The Labute approximate surface area is 106 Å². The second-order valence-corrected chi connectivity index (χ2v) is 4.31. The second-order valence-electron chi connectivity index (χ2n) is 4.31. The van der Waals surface area contributed by atoms with Gasteiger partial charge in [-0.2, -0.15) is 0 Å². The van der Waals surface area contributed by atoms with Gasteiger partial charge in [0.15, 0.2) is 0 Å². The number of amides is 1. The molecule has 1 heterocycles. The minimum Gasteiger partial charge on any atom is -0.355 e. The van der Waals surface area contributed by atoms with Gasteiger partial charge in [0.1, 0.15) is 5.82 Å². The van der Waals surface area contributed by atoms with Crippen molar-refractivity contribution in [1.29, 1.82) is 0 Å². The summed E-state index contributed by atoms with van der Waals surface area (Å²) in [6.07, 6.45) is 0. The van der Waals surface area contributed by atoms with Crippen molar-refractivity contribution >= 4 is 5.91 Å². The highest BCUT2D eigenvalue weighted by molar-refractivity contribution is 5.72. The second kappa shape index (κ2) is 6.30. The van der Waals surface area contributed by atoms with E-state index >= 15 is 0 Å². The van der Waals surface area contributed by atoms with Crippen LogP contribution < -0.4 is 16.2 Å². The maximum atomic E-state index is 11.8. The van der Waals surface area contributed by atoms with Gasteiger partial charge >= 0.3 is 0 Å². The van der Waals surface area contributed by atoms with Crippen LogP contribution >= 0.6 is 0 Å². The lowest BCUT2D eigenvalue weighted by Crippen LogP contribution is -2.34. The van der Waals surface area contributed by atoms with E-state index in [0.717, 1.165) is 5.69 Å². The molecule has 1 aromatic rings. The highest BCUT2D eigenvalue weighted by Crippen LogP contribution is 2.09. The first kappa shape index (κ1) is 14.4. The molecule has 0 bridgehead atoms. The van der Waals surface area contributed by atoms with E-state index in [2.05, 4.69) is 20.6 Å². The molecule has 1 rings (SSSR count). The van der Waals surface area contributed by atoms with Gasteiger partial charge in [0.25, 0.3) is 5.56 Å². The van der Waals surface area contributed by atoms with Gasteiger partial charge in [-0.3, -0.25) is 9.59 Å². The molecule has 100 valence electrons. The molecule has 1 aromatic heterocycles. The van der Waals surface area contributed by atoms with Crippen molar-refractivity contribution in [1.82, 2.24) is 20.6 Å². The van der Waals surface area contributed by atoms with Crippen LogP contribution in [0.15, 0.2) is 4.79 Å². The Hall–Kier alpha value is -1.69. The van der Waals surface area contributed by atoms with E-state index < -0.39 is 0 Å². The van der Waals surface area contributed by atoms with Crippen molar-refractivity contribution in [2.45, 2.75) is 33.7 Å². The molecular weight excluding hydrogens is 232 g/mol. The lowest BCUT2D eigenvalue weighted by atomic mass is 10.1. The van der Waals surface area contributed by atoms with E-state index in [4.69, 9.17) is 0 Å². The van der Waals surface area contributed by atoms with Gasteiger partial charge in [0, 0.05) is 31.7 Å². The van der Waals surface area contributed by atoms with Gasteiger partial charge in [-0.1, -0.05) is 0 Å². The molecule has 3 N–H and O–H groups in total. The predicted octanol–water partition coefficient (Wildman–Crippen LogP) is 0.173. The number of carbonyl (C=O) groups excluding carboxylic acids is 1. The van der Waals surface area contributed by atoms with Crippen LogP contribution in [0.5, 0.6) is 0 Å². The number of aromatic amines is 1. The Balaban J connectivity index is 2.64. The molecule has 0 aromatic carbocycles. The van der Waals surface area contributed by atoms with Crippen LogP contribution in [0, 0.1) is 13.8 Å². The Bertz CT molecular complexity index is 481. The largest absolute Gasteiger partial charge is 0.355 e. The topological polar surface area (TPSA) is 86.9 Å². The highest BCUT2D eigenvalue weighted by Gasteiger charge is 2.13. The van der Waals surface area contributed by atoms with Gasteiger partial charge in [0.2, 0.25) is 5.91 Å². The molecule has 0 radical (unpaired) electrons. The summed E-state index contributed by atoms with van der Waals surface area (Å²) in [4.78, 5) is 29.5. The summed E-state index contributed by atoms with van der Waals surface area (Å²) >= 11 is 0. The zero-order valence-corrected chi connectivity index (χ0v) is 11.3. The number of H-pyrrole nitrogens is 1. The van der Waals surface area contributed by atoms with Crippen LogP contribution in [0.2, 0.25) is 0 Å². The fraction of sp³-hybridized carbons (Fsp3) is 0.583. The summed E-state index contributed by atoms with van der Waals surface area (Å²) in [6, 6.07) is -0.101. The van der Waals surface area contributed by atoms with Crippen LogP contribution in [0.4, 0.5) is 0 Å². The summed E-state index contributed by atoms with van der Waals surface area (Å²) in [5, 5.41) is 5.87. The van der Waals surface area contributed by atoms with E-state index in [0.29, 0.717) is 24.5 Å². The number of aromatic nitrogens is 2. The van der Waals surface area contributed by atoms with Gasteiger partial charge in [-0.15, -0.1) is 0 Å². The Morgan fingerprint density at radius 2 is 2.06 bits per heavy atom. The van der Waals surface area contributed by atoms with Crippen molar-refractivity contribution in [2.75, 3.05) is 13.1 Å². The summed E-state index contributed by atoms with van der Waals surface area (Å²) in [5.74, 6) is 0.558. The number of rotatable bonds is 5. The van der Waals surface area contributed by atoms with Gasteiger partial charge in [-0.05, 0) is 20.8 Å². The van der Waals surface area contributed by atoms with Crippen molar-refractivity contribution in [2.24, 2.45) is 0 Å². The Kier molecular flexibility index (Phi) is 5.03. The normalized spacial score (nSPS) is 12.2. The van der Waals surface area contributed by atoms with E-state index in [1.54, 1.807) is 6.92 Å². The molecule has 0 aliphatic rings. The number of aryl methyl sites for hydroxylation is 2. The van der Waals surface area contributed by atoms with E-state index in [1.807, 2.05) is 13.8 Å². The van der Waals surface area contributed by atoms with Gasteiger partial charge in [-0.25, -0.2) is 4.98 Å². The molecule has 1 amide bonds. The lowest BCUT2D eigenvalue weighted by Gasteiger charge is -2.15. The molecule has 1 unspecified atom stereocenters. The SMILES string of the molecule is CC(=O)NCCNC(C)c1c(C)nc(C)[nH]c1=O. The first-order valence-electron chi connectivity index (χ1n) is 5.97. The average molecular weight is 252 g/mol. The van der Waals surface area contributed by atoms with E-state index in [9.17, 15) is 9.59 Å². The Morgan fingerprint density at radius 3 is 2.61 bits per heavy atom. The van der Waals surface area contributed by atoms with Gasteiger partial charge in [0.05, 0.1) is 5.56 Å². The van der Waals surface area contributed by atoms with Crippen LogP contribution in [0.1, 0.15) is 37.0 Å². The number of hydrogen-bond donors (Lipinski definition) is 3. The molecule has 0 saturated carbocycles. The fourth-order valence-electron chi connectivity index (χ4n) is 1.87. The third-order valence-corrected chi connectivity index (χ3v) is 2.65. The van der Waals surface area contributed by atoms with Crippen LogP contribution in [-0.2, 0) is 4.79 Å². The summed E-state index contributed by atoms with van der Waals surface area (Å²) in [5.41, 5.74) is 1.26. The first-order valence-corrected chi connectivity index (χ1v) is 5.97. The average Bonchev–Trinajstić information content (AvgIpc) is 2.22. The number of carbonyl (C=O) groups is 1. The minimum atomic E-state index is -0.112. The summed E-state index contributed by atoms with van der Waals surface area (Å²) < 4.78 is 0. The lowest BCUT2D eigenvalue weighted by molar-refractivity contribution is -0.118. The van der Waals surface area contributed by atoms with Crippen molar-refractivity contribution in [3.63, 3.8) is 0 Å². The van der Waals surface area contributed by atoms with Crippen molar-refractivity contribution < 1.29 is 4.79 Å². The standard InChI is InChI=1S/C12H20N4O2/c1-7(13-5-6-14-10(4)17)11-8(2)15-9(3)16-12(11)18/h7,13H,5-6H2,1-4H3,(H,14,17)(H,15,16,18). The quantitative estimate of drug-likeness (QED) is 0.652. The third kappa shape index (κ3) is 3.96. The van der Waals surface area contributed by atoms with Gasteiger partial charge < -0.3 is 15.6 Å². The number of nitrogens with zero attached hydrogens (tertiary/aromatic N) is 1. The summed E-state index contributed by atoms with van der Waals surface area (Å²) in [6.45, 7) is 8.10. The smallest absolute Gasteiger partial charge is 0.255 e. The van der Waals surface area contributed by atoms with Crippen molar-refractivity contribution in [3.8, 4) is 0 Å². The zero-order valence-electron chi connectivity index (χ0n) is 11.3. The van der Waals surface area contributed by atoms with Crippen LogP contribution in [0.3, 0.4) is 0 Å². The molecule has 0 saturated heterocycles. The molecule has 0 aliphatic heterocycles. The molecule has 6 heteroatoms. The van der Waals surface area contributed by atoms with E-state index in [-0.39, 0.29) is 17.5 Å². The molecule has 1 atom stereocenters. The maximum Gasteiger partial charge on any atom is 0.255 e. The van der Waals surface area contributed by atoms with Crippen LogP contribution in [0.25, 0.3) is 0 Å². The predicted molar refractivity (Wildman–Crippen MR) is 69.4 cm³/mol. The van der Waals surface area contributed by atoms with E-state index in [1.165, 1.54) is 6.92 Å². The molecule has 0 spiro atoms. The monoisotopic (exact) mass is 252 g/mol. The third-order valence-electron chi connectivity index (χ3n) is 2.65. The Morgan fingerprint density at radius 1 is 1.39 bits per heavy atom. The maximum absolute atomic E-state index is 11.8. The zero-order chi connectivity index (χ0) is 13.7. The van der Waals surface area contributed by atoms with Crippen LogP contribution in [-0.4, -0.2) is 29.0 Å². The fourth-order valence-corrected chi connectivity index (χ4v) is 1.87. The number of nitrogens with one attached hydrogen (secondary N) is 3. The molecule has 6 nitrogen and oxygen atoms in total. The molecular formula is C12H20N4O2. The molecule has 0 fully saturated rings. The molecule has 18 heavy (non-hydrogen) atoms. The first-order chi connectivity index (χ1) is 8.41. The molecule has 0 aliphatic carbocycles. The minimum absolute atomic E-state index is 0.0597. The van der Waals surface area contributed by atoms with Crippen molar-refractivity contribution in [3.05, 3.63) is 27.4 Å².